The Labute approximate surface area is 177 Å². The van der Waals surface area contributed by atoms with E-state index in [9.17, 15) is 4.79 Å². The molecule has 2 aromatic heterocycles. The van der Waals surface area contributed by atoms with Crippen LogP contribution in [-0.2, 0) is 0 Å². The number of aromatic nitrogens is 2. The highest BCUT2D eigenvalue weighted by atomic mass is 35.5. The summed E-state index contributed by atoms with van der Waals surface area (Å²) in [5.74, 6) is 1.68. The van der Waals surface area contributed by atoms with E-state index in [0.29, 0.717) is 33.2 Å². The van der Waals surface area contributed by atoms with Gasteiger partial charge >= 0.3 is 6.03 Å². The molecular formula is C19H21ClN4O4S. The molecule has 0 saturated carbocycles. The molecule has 0 radical (unpaired) electrons. The van der Waals surface area contributed by atoms with Crippen molar-refractivity contribution in [3.63, 3.8) is 0 Å². The van der Waals surface area contributed by atoms with Crippen LogP contribution < -0.4 is 20.1 Å². The predicted octanol–water partition coefficient (Wildman–Crippen LogP) is 5.02. The zero-order chi connectivity index (χ0) is 21.0. The molecular weight excluding hydrogens is 416 g/mol. The van der Waals surface area contributed by atoms with Gasteiger partial charge in [-0.15, -0.1) is 0 Å². The molecule has 0 aliphatic rings. The van der Waals surface area contributed by atoms with Crippen molar-refractivity contribution >= 4 is 29.0 Å². The van der Waals surface area contributed by atoms with Gasteiger partial charge in [0.05, 0.1) is 28.2 Å². The summed E-state index contributed by atoms with van der Waals surface area (Å²) in [4.78, 5) is 16.4. The van der Waals surface area contributed by atoms with Crippen molar-refractivity contribution in [2.75, 3.05) is 7.05 Å². The molecule has 1 atom stereocenters. The summed E-state index contributed by atoms with van der Waals surface area (Å²) in [6.45, 7) is 5.69. The fourth-order valence-corrected chi connectivity index (χ4v) is 3.32. The molecule has 154 valence electrons. The fraction of sp³-hybridized carbons (Fsp3) is 0.316. The van der Waals surface area contributed by atoms with Crippen LogP contribution in [0.3, 0.4) is 0 Å². The Hall–Kier alpha value is -2.78. The number of nitrogens with zero attached hydrogens (tertiary/aromatic N) is 2. The summed E-state index contributed by atoms with van der Waals surface area (Å²) in [7, 11) is 1.55. The molecule has 0 bridgehead atoms. The van der Waals surface area contributed by atoms with Gasteiger partial charge < -0.3 is 24.6 Å². The molecule has 2 amide bonds. The molecule has 1 unspecified atom stereocenters. The lowest BCUT2D eigenvalue weighted by molar-refractivity contribution is 0.237. The summed E-state index contributed by atoms with van der Waals surface area (Å²) >= 11 is 7.59. The van der Waals surface area contributed by atoms with Gasteiger partial charge in [0.15, 0.2) is 5.76 Å². The topological polar surface area (TPSA) is 98.5 Å². The number of carbonyl (C=O) groups is 1. The van der Waals surface area contributed by atoms with E-state index in [4.69, 9.17) is 25.6 Å². The van der Waals surface area contributed by atoms with Crippen LogP contribution in [0, 0.1) is 0 Å². The average molecular weight is 437 g/mol. The van der Waals surface area contributed by atoms with Crippen molar-refractivity contribution in [2.24, 2.45) is 0 Å². The van der Waals surface area contributed by atoms with Crippen molar-refractivity contribution in [1.82, 2.24) is 20.8 Å². The number of rotatable bonds is 7. The third-order valence-electron chi connectivity index (χ3n) is 3.74. The highest BCUT2D eigenvalue weighted by Gasteiger charge is 2.17. The molecule has 1 aromatic carbocycles. The first-order valence-electron chi connectivity index (χ1n) is 8.91. The van der Waals surface area contributed by atoms with Crippen molar-refractivity contribution in [2.45, 2.75) is 32.9 Å². The third kappa shape index (κ3) is 5.39. The number of carbonyl (C=O) groups excluding carboxylic acids is 1. The maximum atomic E-state index is 11.4. The number of hydrogen-bond acceptors (Lipinski definition) is 7. The van der Waals surface area contributed by atoms with Gasteiger partial charge in [0, 0.05) is 19.2 Å². The molecule has 3 aromatic rings. The molecule has 0 fully saturated rings. The lowest BCUT2D eigenvalue weighted by atomic mass is 10.2. The minimum Gasteiger partial charge on any atom is -0.491 e. The van der Waals surface area contributed by atoms with E-state index >= 15 is 0 Å². The largest absolute Gasteiger partial charge is 0.491 e. The average Bonchev–Trinajstić information content (AvgIpc) is 3.32. The molecule has 10 heteroatoms. The summed E-state index contributed by atoms with van der Waals surface area (Å²) in [6, 6.07) is 6.36. The van der Waals surface area contributed by atoms with Crippen LogP contribution in [0.25, 0.3) is 10.6 Å². The minimum absolute atomic E-state index is 0.0565. The maximum absolute atomic E-state index is 11.4. The normalized spacial score (nSPS) is 11.9. The first-order chi connectivity index (χ1) is 13.9. The minimum atomic E-state index is -0.328. The van der Waals surface area contributed by atoms with Gasteiger partial charge in [-0.2, -0.15) is 0 Å². The third-order valence-corrected chi connectivity index (χ3v) is 4.93. The standard InChI is InChI=1S/C19H21ClN4O4S/c1-10(2)26-12-5-6-15(13(20)7-12)27-19-22-9-17(29-19)14-8-16(28-24-14)11(3)23-18(25)21-4/h5-11H,1-4H3,(H2,21,23,25). The molecule has 0 spiro atoms. The zero-order valence-electron chi connectivity index (χ0n) is 16.4. The Balaban J connectivity index is 1.69. The molecule has 2 heterocycles. The van der Waals surface area contributed by atoms with Crippen LogP contribution in [-0.4, -0.2) is 29.3 Å². The Morgan fingerprint density at radius 3 is 2.76 bits per heavy atom. The van der Waals surface area contributed by atoms with E-state index in [2.05, 4.69) is 20.8 Å². The number of urea groups is 1. The number of benzene rings is 1. The molecule has 3 rings (SSSR count). The number of hydrogen-bond donors (Lipinski definition) is 2. The summed E-state index contributed by atoms with van der Waals surface area (Å²) < 4.78 is 16.7. The fourth-order valence-electron chi connectivity index (χ4n) is 2.38. The van der Waals surface area contributed by atoms with E-state index in [1.165, 1.54) is 11.3 Å². The van der Waals surface area contributed by atoms with E-state index in [1.807, 2.05) is 13.8 Å². The second-order valence-electron chi connectivity index (χ2n) is 6.41. The van der Waals surface area contributed by atoms with Gasteiger partial charge in [-0.1, -0.05) is 28.1 Å². The number of amides is 2. The Morgan fingerprint density at radius 1 is 1.28 bits per heavy atom. The van der Waals surface area contributed by atoms with Gasteiger partial charge in [-0.3, -0.25) is 0 Å². The van der Waals surface area contributed by atoms with E-state index in [0.717, 1.165) is 4.88 Å². The van der Waals surface area contributed by atoms with Crippen LogP contribution in [0.1, 0.15) is 32.6 Å². The molecule has 0 aliphatic carbocycles. The van der Waals surface area contributed by atoms with Crippen LogP contribution in [0.15, 0.2) is 35.0 Å². The van der Waals surface area contributed by atoms with E-state index in [1.54, 1.807) is 44.4 Å². The number of ether oxygens (including phenoxy) is 2. The number of thiazole rings is 1. The molecule has 8 nitrogen and oxygen atoms in total. The summed E-state index contributed by atoms with van der Waals surface area (Å²) in [5, 5.41) is 10.1. The maximum Gasteiger partial charge on any atom is 0.315 e. The smallest absolute Gasteiger partial charge is 0.315 e. The molecule has 0 aliphatic heterocycles. The highest BCUT2D eigenvalue weighted by Crippen LogP contribution is 2.37. The second-order valence-corrected chi connectivity index (χ2v) is 7.81. The second kappa shape index (κ2) is 9.15. The SMILES string of the molecule is CNC(=O)NC(C)c1cc(-c2cnc(Oc3ccc(OC(C)C)cc3Cl)s2)no1. The van der Waals surface area contributed by atoms with Crippen LogP contribution in [0.4, 0.5) is 4.79 Å². The monoisotopic (exact) mass is 436 g/mol. The Kier molecular flexibility index (Phi) is 6.60. The van der Waals surface area contributed by atoms with Crippen LogP contribution >= 0.6 is 22.9 Å². The van der Waals surface area contributed by atoms with E-state index < -0.39 is 0 Å². The lowest BCUT2D eigenvalue weighted by Crippen LogP contribution is -2.34. The molecule has 0 saturated heterocycles. The van der Waals surface area contributed by atoms with Crippen LogP contribution in [0.5, 0.6) is 16.7 Å². The summed E-state index contributed by atoms with van der Waals surface area (Å²) in [5.41, 5.74) is 0.602. The first-order valence-corrected chi connectivity index (χ1v) is 10.1. The molecule has 2 N–H and O–H groups in total. The van der Waals surface area contributed by atoms with E-state index in [-0.39, 0.29) is 18.2 Å². The van der Waals surface area contributed by atoms with Crippen molar-refractivity contribution in [3.05, 3.63) is 41.2 Å². The number of nitrogens with one attached hydrogen (secondary N) is 2. The van der Waals surface area contributed by atoms with Crippen molar-refractivity contribution in [3.8, 4) is 27.3 Å². The summed E-state index contributed by atoms with van der Waals surface area (Å²) in [6.07, 6.45) is 1.70. The Morgan fingerprint density at radius 2 is 2.07 bits per heavy atom. The van der Waals surface area contributed by atoms with Crippen molar-refractivity contribution in [1.29, 1.82) is 0 Å². The van der Waals surface area contributed by atoms with Gasteiger partial charge in [0.2, 0.25) is 0 Å². The first kappa shape index (κ1) is 20.9. The zero-order valence-corrected chi connectivity index (χ0v) is 17.9. The highest BCUT2D eigenvalue weighted by molar-refractivity contribution is 7.16. The van der Waals surface area contributed by atoms with Crippen molar-refractivity contribution < 1.29 is 18.8 Å². The van der Waals surface area contributed by atoms with Gasteiger partial charge in [0.1, 0.15) is 17.2 Å². The van der Waals surface area contributed by atoms with Gasteiger partial charge in [0.25, 0.3) is 5.19 Å². The van der Waals surface area contributed by atoms with Crippen LogP contribution in [0.2, 0.25) is 5.02 Å². The Bertz CT molecular complexity index is 988. The molecule has 29 heavy (non-hydrogen) atoms. The van der Waals surface area contributed by atoms with Gasteiger partial charge in [-0.25, -0.2) is 9.78 Å². The number of halogens is 1. The lowest BCUT2D eigenvalue weighted by Gasteiger charge is -2.11. The quantitative estimate of drug-likeness (QED) is 0.539. The predicted molar refractivity (Wildman–Crippen MR) is 111 cm³/mol. The van der Waals surface area contributed by atoms with Gasteiger partial charge in [-0.05, 0) is 32.9 Å².